The smallest absolute Gasteiger partial charge is 0.303 e. The third-order valence-corrected chi connectivity index (χ3v) is 9.39. The second-order valence-corrected chi connectivity index (χ2v) is 12.5. The number of ketones is 2. The Balaban J connectivity index is 1.28. The van der Waals surface area contributed by atoms with Crippen LogP contribution in [0.15, 0.2) is 36.0 Å². The number of hydrogen-bond donors (Lipinski definition) is 2. The van der Waals surface area contributed by atoms with Crippen molar-refractivity contribution in [2.75, 3.05) is 6.61 Å². The fourth-order valence-electron chi connectivity index (χ4n) is 6.72. The van der Waals surface area contributed by atoms with Gasteiger partial charge in [-0.2, -0.15) is 0 Å². The number of carbonyl (C=O) groups is 4. The molecule has 11 heteroatoms. The molecule has 0 aromatic rings. The molecule has 2 N–H and O–H groups in total. The number of carboxylic acids is 1. The third kappa shape index (κ3) is 5.53. The molecular weight excluding hydrogens is 546 g/mol. The summed E-state index contributed by atoms with van der Waals surface area (Å²) in [6.07, 6.45) is 6.71. The number of ether oxygens (including phenoxy) is 4. The van der Waals surface area contributed by atoms with Gasteiger partial charge in [0.05, 0.1) is 37.1 Å². The third-order valence-electron chi connectivity index (χ3n) is 9.39. The van der Waals surface area contributed by atoms with E-state index in [0.717, 1.165) is 5.57 Å². The van der Waals surface area contributed by atoms with Gasteiger partial charge < -0.3 is 34.1 Å². The molecule has 42 heavy (non-hydrogen) atoms. The number of allylic oxidation sites excluding steroid dienone is 3. The van der Waals surface area contributed by atoms with E-state index in [1.54, 1.807) is 13.0 Å². The Morgan fingerprint density at radius 1 is 1.19 bits per heavy atom. The SMILES string of the molecule is CC(/C=C/C(=O)C1C(=O)[C@H](CCC(=O)O)N(C2CCC(O)C(C)O2)C1=O)=C\[C@H](C)C1OC2(C)O[C@H](C=C[C@]23CO3)[C@H]1C. The largest absolute Gasteiger partial charge is 0.481 e. The fourth-order valence-corrected chi connectivity index (χ4v) is 6.72. The van der Waals surface area contributed by atoms with E-state index in [4.69, 9.17) is 18.9 Å². The number of epoxide rings is 1. The zero-order chi connectivity index (χ0) is 30.6. The lowest BCUT2D eigenvalue weighted by molar-refractivity contribution is -0.346. The molecule has 230 valence electrons. The average molecular weight is 588 g/mol. The second-order valence-electron chi connectivity index (χ2n) is 12.5. The maximum Gasteiger partial charge on any atom is 0.303 e. The van der Waals surface area contributed by atoms with Crippen molar-refractivity contribution in [1.82, 2.24) is 4.90 Å². The van der Waals surface area contributed by atoms with Crippen molar-refractivity contribution in [3.8, 4) is 0 Å². The first-order valence-electron chi connectivity index (χ1n) is 14.8. The van der Waals surface area contributed by atoms with Gasteiger partial charge >= 0.3 is 5.97 Å². The summed E-state index contributed by atoms with van der Waals surface area (Å²) in [6, 6.07) is -1.08. The molecule has 5 aliphatic rings. The van der Waals surface area contributed by atoms with Gasteiger partial charge in [0.1, 0.15) is 6.23 Å². The first kappa shape index (κ1) is 30.7. The fraction of sp³-hybridized carbons (Fsp3) is 0.677. The van der Waals surface area contributed by atoms with Crippen molar-refractivity contribution < 1.29 is 48.3 Å². The first-order chi connectivity index (χ1) is 19.8. The number of likely N-dealkylation sites (tertiary alicyclic amines) is 1. The standard InChI is InChI=1S/C31H41NO10/c1-16(14-17(2)28-18(3)23-12-13-31(15-39-31)30(5,41-23)42-28)6-8-22(34)26-27(37)20(7-11-25(35)36)32(29(26)38)24-10-9-21(33)19(4)40-24/h6,8,12-14,17-21,23-24,26,28,33H,7,9-11,15H2,1-5H3,(H,35,36)/b8-6+,16-14+/t17-,18+,19?,20-,21?,23+,24?,26?,28?,30?,31-/m0/s1. The van der Waals surface area contributed by atoms with Gasteiger partial charge in [-0.25, -0.2) is 0 Å². The summed E-state index contributed by atoms with van der Waals surface area (Å²) in [5.74, 6) is -5.49. The Bertz CT molecular complexity index is 1220. The van der Waals surface area contributed by atoms with E-state index in [1.807, 2.05) is 39.0 Å². The van der Waals surface area contributed by atoms with Crippen molar-refractivity contribution >= 4 is 23.4 Å². The highest BCUT2D eigenvalue weighted by atomic mass is 16.8. The summed E-state index contributed by atoms with van der Waals surface area (Å²) in [7, 11) is 0. The quantitative estimate of drug-likeness (QED) is 0.135. The highest BCUT2D eigenvalue weighted by Gasteiger charge is 2.66. The molecule has 0 aliphatic carbocycles. The van der Waals surface area contributed by atoms with E-state index < -0.39 is 65.2 Å². The van der Waals surface area contributed by atoms with Crippen molar-refractivity contribution in [1.29, 1.82) is 0 Å². The molecule has 1 spiro atoms. The Kier molecular flexibility index (Phi) is 8.36. The zero-order valence-corrected chi connectivity index (χ0v) is 24.7. The number of amides is 1. The predicted octanol–water partition coefficient (Wildman–Crippen LogP) is 2.32. The van der Waals surface area contributed by atoms with Gasteiger partial charge in [0.25, 0.3) is 0 Å². The van der Waals surface area contributed by atoms with E-state index in [1.165, 1.54) is 11.0 Å². The summed E-state index contributed by atoms with van der Waals surface area (Å²) in [5.41, 5.74) is 0.209. The number of rotatable bonds is 9. The highest BCUT2D eigenvalue weighted by molar-refractivity contribution is 6.26. The molecule has 1 amide bonds. The van der Waals surface area contributed by atoms with Gasteiger partial charge in [0.2, 0.25) is 11.7 Å². The van der Waals surface area contributed by atoms with E-state index in [-0.39, 0.29) is 43.3 Å². The Morgan fingerprint density at radius 3 is 2.55 bits per heavy atom. The molecule has 6 unspecified atom stereocenters. The summed E-state index contributed by atoms with van der Waals surface area (Å²) >= 11 is 0. The van der Waals surface area contributed by atoms with Crippen LogP contribution in [0.3, 0.4) is 0 Å². The van der Waals surface area contributed by atoms with Crippen LogP contribution in [0.2, 0.25) is 0 Å². The maximum atomic E-state index is 13.4. The molecule has 5 aliphatic heterocycles. The molecule has 0 aromatic carbocycles. The van der Waals surface area contributed by atoms with Crippen LogP contribution < -0.4 is 0 Å². The molecule has 0 aromatic heterocycles. The van der Waals surface area contributed by atoms with E-state index in [0.29, 0.717) is 13.0 Å². The van der Waals surface area contributed by atoms with Crippen LogP contribution in [-0.4, -0.2) is 93.2 Å². The normalized spacial score (nSPS) is 42.4. The van der Waals surface area contributed by atoms with Crippen LogP contribution in [0.5, 0.6) is 0 Å². The van der Waals surface area contributed by atoms with Crippen LogP contribution >= 0.6 is 0 Å². The van der Waals surface area contributed by atoms with E-state index >= 15 is 0 Å². The van der Waals surface area contributed by atoms with Crippen molar-refractivity contribution in [3.05, 3.63) is 36.0 Å². The Hall–Kier alpha value is -2.70. The summed E-state index contributed by atoms with van der Waals surface area (Å²) in [6.45, 7) is 10.1. The minimum absolute atomic E-state index is 0.0424. The number of carbonyl (C=O) groups excluding carboxylic acids is 3. The highest BCUT2D eigenvalue weighted by Crippen LogP contribution is 2.52. The van der Waals surface area contributed by atoms with Crippen LogP contribution in [0.25, 0.3) is 0 Å². The topological polar surface area (TPSA) is 152 Å². The van der Waals surface area contributed by atoms with Gasteiger partial charge in [0.15, 0.2) is 23.1 Å². The Labute approximate surface area is 245 Å². The summed E-state index contributed by atoms with van der Waals surface area (Å²) in [4.78, 5) is 52.5. The minimum Gasteiger partial charge on any atom is -0.481 e. The number of carboxylic acid groups (broad SMARTS) is 1. The van der Waals surface area contributed by atoms with Gasteiger partial charge in [-0.3, -0.25) is 19.2 Å². The molecule has 5 heterocycles. The van der Waals surface area contributed by atoms with Crippen LogP contribution in [-0.2, 0) is 38.1 Å². The number of fused-ring (bicyclic) bond motifs is 3. The average Bonchev–Trinajstić information content (AvgIpc) is 3.67. The number of Topliss-reactive ketones (excluding diaryl/α,β-unsaturated/α-hetero) is 1. The van der Waals surface area contributed by atoms with Crippen molar-refractivity contribution in [3.63, 3.8) is 0 Å². The van der Waals surface area contributed by atoms with Crippen LogP contribution in [0.4, 0.5) is 0 Å². The lowest BCUT2D eigenvalue weighted by atomic mass is 9.82. The summed E-state index contributed by atoms with van der Waals surface area (Å²) in [5, 5.41) is 19.2. The first-order valence-corrected chi connectivity index (χ1v) is 14.8. The lowest BCUT2D eigenvalue weighted by Crippen LogP contribution is -2.61. The molecule has 11 atom stereocenters. The molecule has 4 fully saturated rings. The number of nitrogens with zero attached hydrogens (tertiary/aromatic N) is 1. The molecule has 2 bridgehead atoms. The Morgan fingerprint density at radius 2 is 1.90 bits per heavy atom. The molecule has 4 saturated heterocycles. The number of aliphatic hydroxyl groups excluding tert-OH is 1. The molecule has 5 rings (SSSR count). The van der Waals surface area contributed by atoms with Crippen LogP contribution in [0, 0.1) is 17.8 Å². The van der Waals surface area contributed by atoms with E-state index in [9.17, 15) is 29.4 Å². The number of aliphatic carboxylic acids is 1. The lowest BCUT2D eigenvalue weighted by Gasteiger charge is -2.51. The van der Waals surface area contributed by atoms with Gasteiger partial charge in [-0.05, 0) is 52.2 Å². The maximum absolute atomic E-state index is 13.4. The van der Waals surface area contributed by atoms with Gasteiger partial charge in [-0.15, -0.1) is 0 Å². The molecule has 0 saturated carbocycles. The zero-order valence-electron chi connectivity index (χ0n) is 24.7. The van der Waals surface area contributed by atoms with Gasteiger partial charge in [-0.1, -0.05) is 37.6 Å². The summed E-state index contributed by atoms with van der Waals surface area (Å²) < 4.78 is 24.2. The molecule has 0 radical (unpaired) electrons. The molecule has 11 nitrogen and oxygen atoms in total. The van der Waals surface area contributed by atoms with Gasteiger partial charge in [0, 0.05) is 18.3 Å². The monoisotopic (exact) mass is 587 g/mol. The van der Waals surface area contributed by atoms with Crippen molar-refractivity contribution in [2.45, 2.75) is 108 Å². The minimum atomic E-state index is -1.56. The van der Waals surface area contributed by atoms with E-state index in [2.05, 4.69) is 6.92 Å². The number of aliphatic hydroxyl groups is 1. The van der Waals surface area contributed by atoms with Crippen molar-refractivity contribution in [2.24, 2.45) is 17.8 Å². The molecular formula is C31H41NO10. The number of hydrogen-bond acceptors (Lipinski definition) is 9. The predicted molar refractivity (Wildman–Crippen MR) is 148 cm³/mol. The second kappa shape index (κ2) is 11.4. The van der Waals surface area contributed by atoms with Crippen LogP contribution in [0.1, 0.15) is 60.3 Å².